The molecule has 286 valence electrons. The van der Waals surface area contributed by atoms with Crippen LogP contribution in [-0.4, -0.2) is 85.3 Å². The fourth-order valence-corrected chi connectivity index (χ4v) is 4.91. The van der Waals surface area contributed by atoms with E-state index in [1.807, 2.05) is 4.90 Å². The zero-order chi connectivity index (χ0) is 39.8. The number of rotatable bonds is 13. The van der Waals surface area contributed by atoms with Gasteiger partial charge >= 0.3 is 25.2 Å². The number of carbonyl (C=O) groups excluding carboxylic acids is 4. The highest BCUT2D eigenvalue weighted by Gasteiger charge is 2.29. The maximum absolute atomic E-state index is 13.2. The molecule has 2 heterocycles. The third kappa shape index (κ3) is 12.4. The van der Waals surface area contributed by atoms with E-state index < -0.39 is 48.3 Å². The van der Waals surface area contributed by atoms with Crippen molar-refractivity contribution in [3.63, 3.8) is 0 Å². The van der Waals surface area contributed by atoms with Crippen LogP contribution in [0.25, 0.3) is 11.2 Å². The van der Waals surface area contributed by atoms with E-state index in [0.717, 1.165) is 5.69 Å². The van der Waals surface area contributed by atoms with Gasteiger partial charge in [0.2, 0.25) is 5.95 Å². The highest BCUT2D eigenvalue weighted by molar-refractivity contribution is 6.58. The van der Waals surface area contributed by atoms with Crippen LogP contribution in [0.5, 0.6) is 0 Å². The van der Waals surface area contributed by atoms with Gasteiger partial charge in [0.05, 0.1) is 18.4 Å². The normalized spacial score (nSPS) is 12.0. The molecule has 1 unspecified atom stereocenters. The predicted molar refractivity (Wildman–Crippen MR) is 200 cm³/mol. The summed E-state index contributed by atoms with van der Waals surface area (Å²) in [6, 6.07) is 11.7. The molecular weight excluding hydrogens is 699 g/mol. The first-order chi connectivity index (χ1) is 25.3. The van der Waals surface area contributed by atoms with Gasteiger partial charge in [-0.05, 0) is 83.3 Å². The zero-order valence-corrected chi connectivity index (χ0v) is 31.2. The maximum Gasteiger partial charge on any atom is 0.488 e. The zero-order valence-electron chi connectivity index (χ0n) is 31.2. The molecule has 4 aromatic rings. The van der Waals surface area contributed by atoms with E-state index in [2.05, 4.69) is 30.6 Å². The van der Waals surface area contributed by atoms with Gasteiger partial charge in [-0.15, -0.1) is 0 Å². The summed E-state index contributed by atoms with van der Waals surface area (Å²) >= 11 is 0. The van der Waals surface area contributed by atoms with Gasteiger partial charge in [0.15, 0.2) is 17.0 Å². The first-order valence-corrected chi connectivity index (χ1v) is 17.0. The fourth-order valence-electron chi connectivity index (χ4n) is 4.91. The van der Waals surface area contributed by atoms with Crippen LogP contribution in [0.2, 0.25) is 0 Å². The second-order valence-corrected chi connectivity index (χ2v) is 14.4. The molecule has 4 rings (SSSR count). The van der Waals surface area contributed by atoms with Crippen LogP contribution >= 0.6 is 0 Å². The lowest BCUT2D eigenvalue weighted by Gasteiger charge is -2.25. The lowest BCUT2D eigenvalue weighted by molar-refractivity contribution is -0.158. The highest BCUT2D eigenvalue weighted by Crippen LogP contribution is 2.21. The summed E-state index contributed by atoms with van der Waals surface area (Å²) in [6.07, 6.45) is 0.566. The number of aromatic nitrogens is 4. The Balaban J connectivity index is 1.41. The molecule has 18 heteroatoms. The van der Waals surface area contributed by atoms with Gasteiger partial charge in [-0.2, -0.15) is 9.97 Å². The average Bonchev–Trinajstić information content (AvgIpc) is 3.08. The SMILES string of the molecule is CN(Cc1cnc2nc(N)nc(NC(=O)OCc3ccc(B(O)O)cc3)c2n1)c1ccc(C(=O)NC(CCC(=O)OC(C)(C)C)C(=O)OC(C)(C)C)cc1. The van der Waals surface area contributed by atoms with Gasteiger partial charge < -0.3 is 40.2 Å². The van der Waals surface area contributed by atoms with Crippen LogP contribution < -0.4 is 26.7 Å². The molecule has 17 nitrogen and oxygen atoms in total. The number of esters is 2. The summed E-state index contributed by atoms with van der Waals surface area (Å²) in [7, 11) is 0.196. The van der Waals surface area contributed by atoms with E-state index in [1.54, 1.807) is 85.0 Å². The molecule has 2 amide bonds. The Hall–Kier alpha value is -5.88. The molecule has 0 fully saturated rings. The van der Waals surface area contributed by atoms with Crippen molar-refractivity contribution in [1.29, 1.82) is 0 Å². The molecule has 0 radical (unpaired) electrons. The number of nitrogens with two attached hydrogens (primary N) is 1. The van der Waals surface area contributed by atoms with Crippen LogP contribution in [-0.2, 0) is 37.0 Å². The quantitative estimate of drug-likeness (QED) is 0.0751. The standard InChI is InChI=1S/C36H45BN8O9/c1-35(2,3)53-27(46)17-16-26(32(48)54-36(4,5)6)41-31(47)22-10-14-25(15-11-22)45(7)19-24-18-39-29-28(40-24)30(43-33(38)42-29)44-34(49)52-20-21-8-12-23(13-9-21)37(50)51/h8-15,18,26,50-51H,16-17,19-20H2,1-7H3,(H,41,47)(H3,38,39,42,43,44,49). The summed E-state index contributed by atoms with van der Waals surface area (Å²) < 4.78 is 16.1. The minimum Gasteiger partial charge on any atom is -0.460 e. The molecule has 0 saturated heterocycles. The van der Waals surface area contributed by atoms with Crippen molar-refractivity contribution >= 4 is 65.1 Å². The largest absolute Gasteiger partial charge is 0.488 e. The number of nitrogens with one attached hydrogen (secondary N) is 2. The number of amides is 2. The van der Waals surface area contributed by atoms with E-state index in [1.165, 1.54) is 18.3 Å². The van der Waals surface area contributed by atoms with Crippen LogP contribution in [0.4, 0.5) is 22.2 Å². The summed E-state index contributed by atoms with van der Waals surface area (Å²) in [4.78, 5) is 70.2. The van der Waals surface area contributed by atoms with Gasteiger partial charge in [0.1, 0.15) is 23.9 Å². The minimum atomic E-state index is -1.61. The van der Waals surface area contributed by atoms with E-state index in [-0.39, 0.29) is 54.5 Å². The summed E-state index contributed by atoms with van der Waals surface area (Å²) in [5.41, 5.74) is 7.07. The Bertz CT molecular complexity index is 1960. The third-order valence-electron chi connectivity index (χ3n) is 7.37. The monoisotopic (exact) mass is 744 g/mol. The molecule has 0 aliphatic rings. The van der Waals surface area contributed by atoms with Gasteiger partial charge in [-0.25, -0.2) is 19.6 Å². The first kappa shape index (κ1) is 40.9. The molecule has 1 atom stereocenters. The number of carbonyl (C=O) groups is 4. The topological polar surface area (TPSA) is 241 Å². The molecule has 0 aliphatic heterocycles. The third-order valence-corrected chi connectivity index (χ3v) is 7.37. The first-order valence-electron chi connectivity index (χ1n) is 17.0. The Labute approximate surface area is 312 Å². The Morgan fingerprint density at radius 1 is 0.907 bits per heavy atom. The van der Waals surface area contributed by atoms with Crippen molar-refractivity contribution in [2.24, 2.45) is 0 Å². The van der Waals surface area contributed by atoms with Crippen molar-refractivity contribution in [2.45, 2.75) is 84.8 Å². The lowest BCUT2D eigenvalue weighted by atomic mass is 9.80. The second-order valence-electron chi connectivity index (χ2n) is 14.4. The number of nitrogens with zero attached hydrogens (tertiary/aromatic N) is 5. The molecule has 6 N–H and O–H groups in total. The van der Waals surface area contributed by atoms with Crippen LogP contribution in [0.15, 0.2) is 54.7 Å². The second kappa shape index (κ2) is 17.3. The molecule has 0 saturated carbocycles. The Morgan fingerprint density at radius 3 is 2.17 bits per heavy atom. The average molecular weight is 745 g/mol. The molecule has 54 heavy (non-hydrogen) atoms. The highest BCUT2D eigenvalue weighted by atomic mass is 16.6. The van der Waals surface area contributed by atoms with Crippen LogP contribution in [0, 0.1) is 0 Å². The number of ether oxygens (including phenoxy) is 3. The van der Waals surface area contributed by atoms with E-state index in [4.69, 9.17) is 19.9 Å². The number of fused-ring (bicyclic) bond motifs is 1. The maximum atomic E-state index is 13.2. The number of nitrogen functional groups attached to an aromatic ring is 1. The van der Waals surface area contributed by atoms with E-state index in [0.29, 0.717) is 16.7 Å². The molecule has 0 aliphatic carbocycles. The smallest absolute Gasteiger partial charge is 0.460 e. The minimum absolute atomic E-state index is 0.00776. The number of hydrogen-bond acceptors (Lipinski definition) is 15. The van der Waals surface area contributed by atoms with Crippen molar-refractivity contribution in [1.82, 2.24) is 25.3 Å². The lowest BCUT2D eigenvalue weighted by Crippen LogP contribution is -2.44. The van der Waals surface area contributed by atoms with Crippen molar-refractivity contribution in [3.05, 3.63) is 71.5 Å². The van der Waals surface area contributed by atoms with Crippen LogP contribution in [0.3, 0.4) is 0 Å². The Kier molecular flexibility index (Phi) is 13.1. The van der Waals surface area contributed by atoms with E-state index >= 15 is 0 Å². The van der Waals surface area contributed by atoms with Crippen molar-refractivity contribution in [3.8, 4) is 0 Å². The van der Waals surface area contributed by atoms with Crippen molar-refractivity contribution in [2.75, 3.05) is 23.0 Å². The van der Waals surface area contributed by atoms with Gasteiger partial charge in [0, 0.05) is 24.7 Å². The summed E-state index contributed by atoms with van der Waals surface area (Å²) in [5, 5.41) is 23.7. The molecule has 2 aromatic carbocycles. The summed E-state index contributed by atoms with van der Waals surface area (Å²) in [5.74, 6) is -1.84. The van der Waals surface area contributed by atoms with E-state index in [9.17, 15) is 29.2 Å². The van der Waals surface area contributed by atoms with Crippen molar-refractivity contribution < 1.29 is 43.4 Å². The number of anilines is 3. The molecule has 2 aromatic heterocycles. The summed E-state index contributed by atoms with van der Waals surface area (Å²) in [6.45, 7) is 10.5. The van der Waals surface area contributed by atoms with Gasteiger partial charge in [0.25, 0.3) is 5.91 Å². The predicted octanol–water partition coefficient (Wildman–Crippen LogP) is 2.63. The van der Waals surface area contributed by atoms with Gasteiger partial charge in [-0.1, -0.05) is 24.3 Å². The number of benzene rings is 2. The molecular formula is C36H45BN8O9. The molecule has 0 spiro atoms. The van der Waals surface area contributed by atoms with Gasteiger partial charge in [-0.3, -0.25) is 14.9 Å². The Morgan fingerprint density at radius 2 is 1.56 bits per heavy atom. The fraction of sp³-hybridized carbons (Fsp3) is 0.389. The van der Waals surface area contributed by atoms with Crippen LogP contribution in [0.1, 0.15) is 76.0 Å². The molecule has 0 bridgehead atoms. The number of hydrogen-bond donors (Lipinski definition) is 5.